The molecule has 146 valence electrons. The quantitative estimate of drug-likeness (QED) is 0.727. The Hall–Kier alpha value is -2.37. The van der Waals surface area contributed by atoms with Crippen molar-refractivity contribution in [3.8, 4) is 5.75 Å². The number of pyridine rings is 1. The number of hydrogen-bond donors (Lipinski definition) is 1. The van der Waals surface area contributed by atoms with Crippen molar-refractivity contribution < 1.29 is 10.9 Å². The number of benzene rings is 1. The second kappa shape index (κ2) is 8.55. The van der Waals surface area contributed by atoms with Gasteiger partial charge in [-0.05, 0) is 37.2 Å². The number of nitrogens with one attached hydrogen (secondary N) is 1. The SMILES string of the molecule is C=Cc1ccc(OC[C@@H]2CN(C)CCO2)c2[nH]c3ncc(C)cc3c12.CC.[HH]. The molecular formula is C22H31N3O2. The van der Waals surface area contributed by atoms with Crippen LogP contribution in [0.3, 0.4) is 0 Å². The van der Waals surface area contributed by atoms with E-state index >= 15 is 0 Å². The third-order valence-corrected chi connectivity index (χ3v) is 4.72. The Balaban J connectivity index is 0.000000906. The molecule has 0 bridgehead atoms. The highest BCUT2D eigenvalue weighted by Gasteiger charge is 2.19. The number of morpholine rings is 1. The minimum Gasteiger partial charge on any atom is -0.489 e. The van der Waals surface area contributed by atoms with Crippen LogP contribution in [-0.4, -0.2) is 54.3 Å². The summed E-state index contributed by atoms with van der Waals surface area (Å²) < 4.78 is 11.9. The third-order valence-electron chi connectivity index (χ3n) is 4.72. The molecule has 1 fully saturated rings. The van der Waals surface area contributed by atoms with Crippen molar-refractivity contribution in [2.75, 3.05) is 33.4 Å². The van der Waals surface area contributed by atoms with Crippen LogP contribution in [0, 0.1) is 6.92 Å². The second-order valence-corrected chi connectivity index (χ2v) is 6.71. The van der Waals surface area contributed by atoms with Gasteiger partial charge in [0.05, 0.1) is 12.1 Å². The molecule has 4 rings (SSSR count). The number of aromatic amines is 1. The summed E-state index contributed by atoms with van der Waals surface area (Å²) in [5.41, 5.74) is 4.05. The molecule has 5 heteroatoms. The highest BCUT2D eigenvalue weighted by atomic mass is 16.5. The minimum atomic E-state index is 0. The van der Waals surface area contributed by atoms with Crippen LogP contribution in [0.25, 0.3) is 28.0 Å². The first-order valence-electron chi connectivity index (χ1n) is 9.62. The van der Waals surface area contributed by atoms with Crippen molar-refractivity contribution in [3.63, 3.8) is 0 Å². The summed E-state index contributed by atoms with van der Waals surface area (Å²) in [4.78, 5) is 10.2. The average molecular weight is 370 g/mol. The molecule has 0 saturated carbocycles. The van der Waals surface area contributed by atoms with Gasteiger partial charge in [-0.2, -0.15) is 0 Å². The van der Waals surface area contributed by atoms with Gasteiger partial charge in [0.25, 0.3) is 0 Å². The van der Waals surface area contributed by atoms with Crippen molar-refractivity contribution >= 4 is 28.0 Å². The van der Waals surface area contributed by atoms with Crippen molar-refractivity contribution in [2.45, 2.75) is 26.9 Å². The maximum Gasteiger partial charge on any atom is 0.143 e. The van der Waals surface area contributed by atoms with Crippen LogP contribution in [0.1, 0.15) is 26.4 Å². The zero-order chi connectivity index (χ0) is 19.4. The normalized spacial score (nSPS) is 17.6. The van der Waals surface area contributed by atoms with Gasteiger partial charge < -0.3 is 19.4 Å². The molecule has 1 aliphatic heterocycles. The molecule has 3 heterocycles. The van der Waals surface area contributed by atoms with Crippen LogP contribution < -0.4 is 4.74 Å². The van der Waals surface area contributed by atoms with E-state index in [0.29, 0.717) is 6.61 Å². The van der Waals surface area contributed by atoms with Gasteiger partial charge in [0.1, 0.15) is 24.1 Å². The van der Waals surface area contributed by atoms with Gasteiger partial charge in [-0.1, -0.05) is 32.6 Å². The first-order chi connectivity index (χ1) is 13.2. The van der Waals surface area contributed by atoms with Crippen LogP contribution in [0.15, 0.2) is 31.0 Å². The molecular weight excluding hydrogens is 338 g/mol. The lowest BCUT2D eigenvalue weighted by Crippen LogP contribution is -2.42. The zero-order valence-electron chi connectivity index (χ0n) is 16.7. The summed E-state index contributed by atoms with van der Waals surface area (Å²) in [6, 6.07) is 6.19. The first-order valence-corrected chi connectivity index (χ1v) is 9.62. The smallest absolute Gasteiger partial charge is 0.143 e. The predicted molar refractivity (Wildman–Crippen MR) is 115 cm³/mol. The molecule has 2 aromatic heterocycles. The van der Waals surface area contributed by atoms with E-state index in [2.05, 4.69) is 41.5 Å². The largest absolute Gasteiger partial charge is 0.489 e. The number of rotatable bonds is 4. The molecule has 27 heavy (non-hydrogen) atoms. The summed E-state index contributed by atoms with van der Waals surface area (Å²) in [7, 11) is 2.11. The summed E-state index contributed by atoms with van der Waals surface area (Å²) in [6.07, 6.45) is 3.84. The molecule has 1 atom stereocenters. The van der Waals surface area contributed by atoms with Crippen LogP contribution >= 0.6 is 0 Å². The van der Waals surface area contributed by atoms with Gasteiger partial charge >= 0.3 is 0 Å². The van der Waals surface area contributed by atoms with E-state index in [4.69, 9.17) is 9.47 Å². The summed E-state index contributed by atoms with van der Waals surface area (Å²) in [5, 5.41) is 2.21. The summed E-state index contributed by atoms with van der Waals surface area (Å²) >= 11 is 0. The molecule has 0 radical (unpaired) electrons. The fourth-order valence-corrected chi connectivity index (χ4v) is 3.43. The predicted octanol–water partition coefficient (Wildman–Crippen LogP) is 4.65. The Kier molecular flexibility index (Phi) is 6.14. The van der Waals surface area contributed by atoms with Gasteiger partial charge in [0.15, 0.2) is 0 Å². The number of likely N-dealkylation sites (N-methyl/N-ethyl adjacent to an activating group) is 1. The fraction of sp³-hybridized carbons (Fsp3) is 0.409. The van der Waals surface area contributed by atoms with Crippen LogP contribution in [0.5, 0.6) is 5.75 Å². The number of ether oxygens (including phenoxy) is 2. The summed E-state index contributed by atoms with van der Waals surface area (Å²) in [6.45, 7) is 13.2. The molecule has 3 aromatic rings. The lowest BCUT2D eigenvalue weighted by atomic mass is 10.1. The Morgan fingerprint density at radius 2 is 2.26 bits per heavy atom. The number of H-pyrrole nitrogens is 1. The van der Waals surface area contributed by atoms with Gasteiger partial charge in [-0.25, -0.2) is 4.98 Å². The molecule has 1 aliphatic rings. The van der Waals surface area contributed by atoms with E-state index < -0.39 is 0 Å². The monoisotopic (exact) mass is 369 g/mol. The van der Waals surface area contributed by atoms with Crippen molar-refractivity contribution in [1.82, 2.24) is 14.9 Å². The maximum atomic E-state index is 6.12. The van der Waals surface area contributed by atoms with E-state index in [1.54, 1.807) is 0 Å². The summed E-state index contributed by atoms with van der Waals surface area (Å²) in [5.74, 6) is 0.827. The number of aromatic nitrogens is 2. The Labute approximate surface area is 162 Å². The molecule has 1 aromatic carbocycles. The second-order valence-electron chi connectivity index (χ2n) is 6.71. The maximum absolute atomic E-state index is 6.12. The lowest BCUT2D eigenvalue weighted by molar-refractivity contribution is -0.0401. The van der Waals surface area contributed by atoms with Gasteiger partial charge in [0.2, 0.25) is 0 Å². The van der Waals surface area contributed by atoms with Crippen molar-refractivity contribution in [3.05, 3.63) is 42.1 Å². The van der Waals surface area contributed by atoms with E-state index in [1.807, 2.05) is 38.3 Å². The molecule has 0 spiro atoms. The Morgan fingerprint density at radius 1 is 1.44 bits per heavy atom. The first kappa shape index (κ1) is 19.4. The molecule has 0 unspecified atom stereocenters. The molecule has 0 amide bonds. The number of hydrogen-bond acceptors (Lipinski definition) is 4. The molecule has 1 N–H and O–H groups in total. The van der Waals surface area contributed by atoms with E-state index in [1.165, 1.54) is 0 Å². The molecule has 0 aliphatic carbocycles. The number of fused-ring (bicyclic) bond motifs is 3. The number of nitrogens with zero attached hydrogens (tertiary/aromatic N) is 2. The highest BCUT2D eigenvalue weighted by molar-refractivity contribution is 6.11. The van der Waals surface area contributed by atoms with Gasteiger partial charge in [0, 0.05) is 31.5 Å². The van der Waals surface area contributed by atoms with E-state index in [9.17, 15) is 0 Å². The minimum absolute atomic E-state index is 0. The topological polar surface area (TPSA) is 50.4 Å². The molecule has 1 saturated heterocycles. The average Bonchev–Trinajstić information content (AvgIpc) is 3.07. The van der Waals surface area contributed by atoms with E-state index in [-0.39, 0.29) is 7.53 Å². The van der Waals surface area contributed by atoms with Crippen LogP contribution in [0.4, 0.5) is 0 Å². The van der Waals surface area contributed by atoms with Crippen molar-refractivity contribution in [1.29, 1.82) is 0 Å². The highest BCUT2D eigenvalue weighted by Crippen LogP contribution is 2.34. The standard InChI is InChI=1S/C20H23N3O2.C2H6.H2/c1-4-14-5-6-17(25-12-15-11-23(3)7-8-24-15)19-18(14)16-9-13(2)10-21-20(16)22-19;1-2;/h4-6,9-10,15H,1,7-8,11-12H2,2-3H3,(H,21,22);1-2H3;1H/t15-;;/m0../s1. The Morgan fingerprint density at radius 3 is 3.00 bits per heavy atom. The van der Waals surface area contributed by atoms with Crippen LogP contribution in [0.2, 0.25) is 0 Å². The fourth-order valence-electron chi connectivity index (χ4n) is 3.43. The third kappa shape index (κ3) is 3.99. The lowest BCUT2D eigenvalue weighted by Gasteiger charge is -2.29. The van der Waals surface area contributed by atoms with Crippen molar-refractivity contribution in [2.24, 2.45) is 0 Å². The van der Waals surface area contributed by atoms with Crippen LogP contribution in [-0.2, 0) is 4.74 Å². The van der Waals surface area contributed by atoms with Gasteiger partial charge in [-0.3, -0.25) is 0 Å². The van der Waals surface area contributed by atoms with E-state index in [0.717, 1.165) is 58.5 Å². The molecule has 5 nitrogen and oxygen atoms in total. The van der Waals surface area contributed by atoms with Gasteiger partial charge in [-0.15, -0.1) is 0 Å². The zero-order valence-corrected chi connectivity index (χ0v) is 16.7. The number of aryl methyl sites for hydroxylation is 1. The Bertz CT molecular complexity index is 938.